The van der Waals surface area contributed by atoms with Gasteiger partial charge in [0.1, 0.15) is 11.3 Å². The largest absolute Gasteiger partial charge is 0.507 e. The lowest BCUT2D eigenvalue weighted by Crippen LogP contribution is -2.09. The Morgan fingerprint density at radius 3 is 2.57 bits per heavy atom. The van der Waals surface area contributed by atoms with Gasteiger partial charge in [0, 0.05) is 6.42 Å². The van der Waals surface area contributed by atoms with Gasteiger partial charge in [0.05, 0.1) is 6.61 Å². The Morgan fingerprint density at radius 1 is 1.00 bits per heavy atom. The van der Waals surface area contributed by atoms with E-state index in [0.29, 0.717) is 11.8 Å². The topological polar surface area (TPSA) is 46.5 Å². The van der Waals surface area contributed by atoms with E-state index in [1.807, 2.05) is 55.5 Å². The molecular weight excluding hydrogens is 288 g/mol. The molecule has 0 fully saturated rings. The van der Waals surface area contributed by atoms with Gasteiger partial charge in [-0.05, 0) is 34.9 Å². The number of phenols is 1. The number of aryl methyl sites for hydroxylation is 1. The molecule has 0 bridgehead atoms. The Labute approximate surface area is 135 Å². The summed E-state index contributed by atoms with van der Waals surface area (Å²) in [7, 11) is 0. The summed E-state index contributed by atoms with van der Waals surface area (Å²) in [5, 5.41) is 11.6. The first-order valence-corrected chi connectivity index (χ1v) is 7.59. The number of hydrogen-bond donors (Lipinski definition) is 1. The molecule has 0 aromatic heterocycles. The van der Waals surface area contributed by atoms with Crippen molar-refractivity contribution in [2.24, 2.45) is 0 Å². The number of ether oxygens (including phenoxy) is 1. The van der Waals surface area contributed by atoms with Crippen molar-refractivity contribution < 1.29 is 14.6 Å². The normalized spacial score (nSPS) is 10.7. The van der Waals surface area contributed by atoms with Crippen molar-refractivity contribution in [1.82, 2.24) is 0 Å². The van der Waals surface area contributed by atoms with Crippen molar-refractivity contribution in [2.45, 2.75) is 13.3 Å². The minimum absolute atomic E-state index is 0.0513. The Hall–Kier alpha value is -2.81. The Bertz CT molecular complexity index is 852. The molecule has 0 radical (unpaired) electrons. The summed E-state index contributed by atoms with van der Waals surface area (Å²) < 4.78 is 5.38. The summed E-state index contributed by atoms with van der Waals surface area (Å²) in [6, 6.07) is 18.8. The molecule has 0 atom stereocenters. The smallest absolute Gasteiger partial charge is 0.342 e. The Balaban J connectivity index is 1.76. The number of aromatic hydroxyl groups is 1. The predicted octanol–water partition coefficient (Wildman–Crippen LogP) is 4.25. The quantitative estimate of drug-likeness (QED) is 0.733. The number of carbonyl (C=O) groups is 1. The van der Waals surface area contributed by atoms with Crippen LogP contribution in [0.2, 0.25) is 0 Å². The zero-order chi connectivity index (χ0) is 16.2. The molecule has 3 nitrogen and oxygen atoms in total. The van der Waals surface area contributed by atoms with Crippen LogP contribution in [-0.2, 0) is 11.2 Å². The highest BCUT2D eigenvalue weighted by Crippen LogP contribution is 2.27. The minimum Gasteiger partial charge on any atom is -0.507 e. The summed E-state index contributed by atoms with van der Waals surface area (Å²) in [5.41, 5.74) is 2.56. The molecule has 0 amide bonds. The van der Waals surface area contributed by atoms with Gasteiger partial charge in [-0.2, -0.15) is 0 Å². The lowest BCUT2D eigenvalue weighted by atomic mass is 10.0. The van der Waals surface area contributed by atoms with Crippen LogP contribution in [0.5, 0.6) is 5.75 Å². The number of esters is 1. The van der Waals surface area contributed by atoms with Crippen molar-refractivity contribution in [3.05, 3.63) is 77.4 Å². The Kier molecular flexibility index (Phi) is 4.29. The fraction of sp³-hybridized carbons (Fsp3) is 0.150. The minimum atomic E-state index is -0.493. The van der Waals surface area contributed by atoms with Gasteiger partial charge in [-0.1, -0.05) is 54.6 Å². The van der Waals surface area contributed by atoms with E-state index < -0.39 is 5.97 Å². The third kappa shape index (κ3) is 3.19. The van der Waals surface area contributed by atoms with Crippen molar-refractivity contribution >= 4 is 16.7 Å². The maximum atomic E-state index is 12.4. The predicted molar refractivity (Wildman–Crippen MR) is 90.8 cm³/mol. The van der Waals surface area contributed by atoms with E-state index in [9.17, 15) is 9.90 Å². The maximum Gasteiger partial charge on any atom is 0.342 e. The zero-order valence-corrected chi connectivity index (χ0v) is 13.0. The van der Waals surface area contributed by atoms with Crippen LogP contribution in [0.15, 0.2) is 60.7 Å². The number of carbonyl (C=O) groups excluding carboxylic acids is 1. The van der Waals surface area contributed by atoms with Crippen LogP contribution in [0.4, 0.5) is 0 Å². The second-order valence-electron chi connectivity index (χ2n) is 5.49. The van der Waals surface area contributed by atoms with Gasteiger partial charge in [-0.25, -0.2) is 4.79 Å². The van der Waals surface area contributed by atoms with Crippen LogP contribution in [0.25, 0.3) is 10.8 Å². The van der Waals surface area contributed by atoms with Crippen molar-refractivity contribution in [3.8, 4) is 5.75 Å². The molecule has 3 heteroatoms. The first-order chi connectivity index (χ1) is 11.2. The second kappa shape index (κ2) is 6.53. The number of fused-ring (bicyclic) bond motifs is 1. The van der Waals surface area contributed by atoms with Crippen molar-refractivity contribution in [3.63, 3.8) is 0 Å². The number of phenolic OH excluding ortho intramolecular Hbond substituents is 1. The molecular formula is C20H18O3. The summed E-state index contributed by atoms with van der Waals surface area (Å²) in [6.45, 7) is 2.32. The lowest BCUT2D eigenvalue weighted by molar-refractivity contribution is 0.0508. The van der Waals surface area contributed by atoms with E-state index in [4.69, 9.17) is 4.74 Å². The summed E-state index contributed by atoms with van der Waals surface area (Å²) in [5.74, 6) is -0.544. The van der Waals surface area contributed by atoms with Gasteiger partial charge in [-0.15, -0.1) is 0 Å². The molecule has 3 aromatic carbocycles. The molecule has 0 spiro atoms. The molecule has 0 aliphatic heterocycles. The highest BCUT2D eigenvalue weighted by Gasteiger charge is 2.16. The summed E-state index contributed by atoms with van der Waals surface area (Å²) in [4.78, 5) is 12.4. The van der Waals surface area contributed by atoms with E-state index >= 15 is 0 Å². The van der Waals surface area contributed by atoms with Crippen LogP contribution < -0.4 is 0 Å². The molecule has 1 N–H and O–H groups in total. The van der Waals surface area contributed by atoms with E-state index in [2.05, 4.69) is 0 Å². The molecule has 0 unspecified atom stereocenters. The van der Waals surface area contributed by atoms with Crippen LogP contribution in [0.1, 0.15) is 21.5 Å². The van der Waals surface area contributed by atoms with Crippen LogP contribution >= 0.6 is 0 Å². The van der Waals surface area contributed by atoms with Crippen LogP contribution in [-0.4, -0.2) is 17.7 Å². The molecule has 116 valence electrons. The van der Waals surface area contributed by atoms with Crippen molar-refractivity contribution in [2.75, 3.05) is 6.61 Å². The lowest BCUT2D eigenvalue weighted by Gasteiger charge is -2.10. The highest BCUT2D eigenvalue weighted by atomic mass is 16.5. The fourth-order valence-electron chi connectivity index (χ4n) is 2.69. The van der Waals surface area contributed by atoms with E-state index in [0.717, 1.165) is 10.9 Å². The molecule has 3 rings (SSSR count). The third-order valence-electron chi connectivity index (χ3n) is 3.98. The van der Waals surface area contributed by atoms with Crippen molar-refractivity contribution in [1.29, 1.82) is 0 Å². The van der Waals surface area contributed by atoms with Crippen LogP contribution in [0.3, 0.4) is 0 Å². The fourth-order valence-corrected chi connectivity index (χ4v) is 2.69. The average Bonchev–Trinajstić information content (AvgIpc) is 2.56. The first-order valence-electron chi connectivity index (χ1n) is 7.59. The molecule has 0 aliphatic rings. The number of hydrogen-bond acceptors (Lipinski definition) is 3. The van der Waals surface area contributed by atoms with E-state index in [-0.39, 0.29) is 17.9 Å². The molecule has 0 aliphatic carbocycles. The van der Waals surface area contributed by atoms with Gasteiger partial charge in [-0.3, -0.25) is 0 Å². The summed E-state index contributed by atoms with van der Waals surface area (Å²) >= 11 is 0. The van der Waals surface area contributed by atoms with E-state index in [1.165, 1.54) is 11.6 Å². The van der Waals surface area contributed by atoms with Crippen LogP contribution in [0, 0.1) is 6.92 Å². The molecule has 0 saturated carbocycles. The maximum absolute atomic E-state index is 12.4. The number of rotatable bonds is 4. The number of benzene rings is 3. The first kappa shape index (κ1) is 15.1. The third-order valence-corrected chi connectivity index (χ3v) is 3.98. The van der Waals surface area contributed by atoms with Gasteiger partial charge >= 0.3 is 5.97 Å². The molecule has 0 saturated heterocycles. The molecule has 23 heavy (non-hydrogen) atoms. The van der Waals surface area contributed by atoms with Gasteiger partial charge < -0.3 is 9.84 Å². The average molecular weight is 306 g/mol. The molecule has 0 heterocycles. The Morgan fingerprint density at radius 2 is 1.74 bits per heavy atom. The van der Waals surface area contributed by atoms with Gasteiger partial charge in [0.2, 0.25) is 0 Å². The standard InChI is InChI=1S/C20H18O3/c1-14-6-2-3-7-15(14)12-13-23-20(22)19-17-9-5-4-8-16(17)10-11-18(19)21/h2-11,21H,12-13H2,1H3. The van der Waals surface area contributed by atoms with E-state index in [1.54, 1.807) is 6.07 Å². The summed E-state index contributed by atoms with van der Waals surface area (Å²) in [6.07, 6.45) is 0.657. The second-order valence-corrected chi connectivity index (χ2v) is 5.49. The van der Waals surface area contributed by atoms with Gasteiger partial charge in [0.25, 0.3) is 0 Å². The molecule has 3 aromatic rings. The highest BCUT2D eigenvalue weighted by molar-refractivity contribution is 6.06. The zero-order valence-electron chi connectivity index (χ0n) is 13.0. The van der Waals surface area contributed by atoms with Gasteiger partial charge in [0.15, 0.2) is 0 Å². The SMILES string of the molecule is Cc1ccccc1CCOC(=O)c1c(O)ccc2ccccc12. The monoisotopic (exact) mass is 306 g/mol.